The predicted molar refractivity (Wildman–Crippen MR) is 37.0 cm³/mol. The average molecular weight is 124 g/mol. The summed E-state index contributed by atoms with van der Waals surface area (Å²) in [6.45, 7) is 2.74. The van der Waals surface area contributed by atoms with Gasteiger partial charge in [0.05, 0.1) is 12.7 Å². The van der Waals surface area contributed by atoms with Crippen molar-refractivity contribution in [3.8, 4) is 12.3 Å². The summed E-state index contributed by atoms with van der Waals surface area (Å²) in [5.74, 6) is 2.91. The van der Waals surface area contributed by atoms with Crippen LogP contribution >= 0.6 is 0 Å². The molecule has 0 aromatic carbocycles. The molecule has 0 amide bonds. The standard InChI is InChI=1S/C8H12O/c1-3-7(2)6-9-8-4-5-8/h1,7-8H,4-6H2,2H3. The van der Waals surface area contributed by atoms with Crippen molar-refractivity contribution in [3.63, 3.8) is 0 Å². The van der Waals surface area contributed by atoms with Crippen molar-refractivity contribution in [2.45, 2.75) is 25.9 Å². The lowest BCUT2D eigenvalue weighted by Crippen LogP contribution is -2.04. The van der Waals surface area contributed by atoms with Gasteiger partial charge in [0, 0.05) is 5.92 Å². The van der Waals surface area contributed by atoms with E-state index in [4.69, 9.17) is 11.2 Å². The molecule has 0 aromatic rings. The Bertz CT molecular complexity index is 119. The van der Waals surface area contributed by atoms with Gasteiger partial charge < -0.3 is 4.74 Å². The Balaban J connectivity index is 1.97. The van der Waals surface area contributed by atoms with E-state index in [2.05, 4.69) is 5.92 Å². The molecule has 1 saturated carbocycles. The maximum absolute atomic E-state index is 5.36. The number of ether oxygens (including phenoxy) is 1. The molecule has 0 spiro atoms. The second-order valence-corrected chi connectivity index (χ2v) is 2.60. The van der Waals surface area contributed by atoms with Gasteiger partial charge in [0.15, 0.2) is 0 Å². The number of hydrogen-bond donors (Lipinski definition) is 0. The Kier molecular flexibility index (Phi) is 2.13. The van der Waals surface area contributed by atoms with E-state index in [-0.39, 0.29) is 5.92 Å². The van der Waals surface area contributed by atoms with Crippen LogP contribution in [-0.4, -0.2) is 12.7 Å². The van der Waals surface area contributed by atoms with Gasteiger partial charge in [-0.05, 0) is 19.8 Å². The first-order chi connectivity index (χ1) is 4.33. The van der Waals surface area contributed by atoms with Crippen LogP contribution in [0.25, 0.3) is 0 Å². The molecule has 1 aliphatic carbocycles. The molecule has 0 radical (unpaired) electrons. The minimum absolute atomic E-state index is 0.283. The SMILES string of the molecule is C#CC(C)COC1CC1. The van der Waals surface area contributed by atoms with E-state index in [0.717, 1.165) is 6.61 Å². The molecule has 1 atom stereocenters. The summed E-state index contributed by atoms with van der Waals surface area (Å²) in [4.78, 5) is 0. The Labute approximate surface area is 56.4 Å². The maximum Gasteiger partial charge on any atom is 0.0604 e. The zero-order chi connectivity index (χ0) is 6.69. The molecule has 9 heavy (non-hydrogen) atoms. The first-order valence-electron chi connectivity index (χ1n) is 3.40. The number of terminal acetylenes is 1. The number of hydrogen-bond acceptors (Lipinski definition) is 1. The first kappa shape index (κ1) is 6.64. The Morgan fingerprint density at radius 1 is 1.78 bits per heavy atom. The summed E-state index contributed by atoms with van der Waals surface area (Å²) < 4.78 is 5.36. The Morgan fingerprint density at radius 2 is 2.44 bits per heavy atom. The van der Waals surface area contributed by atoms with Crippen molar-refractivity contribution in [2.24, 2.45) is 5.92 Å². The summed E-state index contributed by atoms with van der Waals surface area (Å²) in [6.07, 6.45) is 8.16. The van der Waals surface area contributed by atoms with Gasteiger partial charge in [-0.3, -0.25) is 0 Å². The minimum Gasteiger partial charge on any atom is -0.377 e. The van der Waals surface area contributed by atoms with Crippen LogP contribution in [-0.2, 0) is 4.74 Å². The molecule has 0 N–H and O–H groups in total. The second-order valence-electron chi connectivity index (χ2n) is 2.60. The predicted octanol–water partition coefficient (Wildman–Crippen LogP) is 1.43. The Hall–Kier alpha value is -0.480. The van der Waals surface area contributed by atoms with Crippen LogP contribution in [0.4, 0.5) is 0 Å². The van der Waals surface area contributed by atoms with Gasteiger partial charge in [-0.25, -0.2) is 0 Å². The molecule has 0 bridgehead atoms. The molecule has 0 aliphatic heterocycles. The normalized spacial score (nSPS) is 20.9. The van der Waals surface area contributed by atoms with Crippen molar-refractivity contribution in [3.05, 3.63) is 0 Å². The maximum atomic E-state index is 5.36. The molecule has 1 fully saturated rings. The highest BCUT2D eigenvalue weighted by molar-refractivity contribution is 4.90. The van der Waals surface area contributed by atoms with Crippen molar-refractivity contribution in [1.29, 1.82) is 0 Å². The first-order valence-corrected chi connectivity index (χ1v) is 3.40. The van der Waals surface area contributed by atoms with Crippen LogP contribution in [0.1, 0.15) is 19.8 Å². The second kappa shape index (κ2) is 2.89. The van der Waals surface area contributed by atoms with E-state index in [1.807, 2.05) is 6.92 Å². The van der Waals surface area contributed by atoms with Crippen molar-refractivity contribution in [1.82, 2.24) is 0 Å². The zero-order valence-electron chi connectivity index (χ0n) is 5.76. The largest absolute Gasteiger partial charge is 0.377 e. The molecule has 0 heterocycles. The van der Waals surface area contributed by atoms with Crippen LogP contribution < -0.4 is 0 Å². The van der Waals surface area contributed by atoms with Gasteiger partial charge in [-0.2, -0.15) is 0 Å². The third-order valence-corrected chi connectivity index (χ3v) is 1.39. The molecule has 0 saturated heterocycles. The molecular weight excluding hydrogens is 112 g/mol. The fourth-order valence-corrected chi connectivity index (χ4v) is 0.563. The zero-order valence-corrected chi connectivity index (χ0v) is 5.76. The summed E-state index contributed by atoms with van der Waals surface area (Å²) in [7, 11) is 0. The molecule has 50 valence electrons. The van der Waals surface area contributed by atoms with E-state index in [9.17, 15) is 0 Å². The van der Waals surface area contributed by atoms with E-state index >= 15 is 0 Å². The molecule has 1 heteroatoms. The van der Waals surface area contributed by atoms with Crippen LogP contribution in [0.15, 0.2) is 0 Å². The summed E-state index contributed by atoms with van der Waals surface area (Å²) in [6, 6.07) is 0. The van der Waals surface area contributed by atoms with Crippen LogP contribution in [0, 0.1) is 18.3 Å². The fourth-order valence-electron chi connectivity index (χ4n) is 0.563. The topological polar surface area (TPSA) is 9.23 Å². The molecule has 1 aliphatic rings. The van der Waals surface area contributed by atoms with Gasteiger partial charge >= 0.3 is 0 Å². The molecule has 1 nitrogen and oxygen atoms in total. The average Bonchev–Trinajstić information content (AvgIpc) is 2.65. The van der Waals surface area contributed by atoms with Crippen LogP contribution in [0.2, 0.25) is 0 Å². The molecule has 1 rings (SSSR count). The van der Waals surface area contributed by atoms with Crippen molar-refractivity contribution in [2.75, 3.05) is 6.61 Å². The van der Waals surface area contributed by atoms with E-state index < -0.39 is 0 Å². The third kappa shape index (κ3) is 2.53. The minimum atomic E-state index is 0.283. The monoisotopic (exact) mass is 124 g/mol. The van der Waals surface area contributed by atoms with Gasteiger partial charge in [0.1, 0.15) is 0 Å². The van der Waals surface area contributed by atoms with E-state index in [1.54, 1.807) is 0 Å². The summed E-state index contributed by atoms with van der Waals surface area (Å²) in [5.41, 5.74) is 0. The highest BCUT2D eigenvalue weighted by atomic mass is 16.5. The molecular formula is C8H12O. The lowest BCUT2D eigenvalue weighted by atomic mass is 10.2. The van der Waals surface area contributed by atoms with Gasteiger partial charge in [-0.1, -0.05) is 0 Å². The van der Waals surface area contributed by atoms with Gasteiger partial charge in [0.2, 0.25) is 0 Å². The van der Waals surface area contributed by atoms with Gasteiger partial charge in [-0.15, -0.1) is 12.3 Å². The van der Waals surface area contributed by atoms with Crippen molar-refractivity contribution >= 4 is 0 Å². The third-order valence-electron chi connectivity index (χ3n) is 1.39. The molecule has 0 aromatic heterocycles. The quantitative estimate of drug-likeness (QED) is 0.517. The lowest BCUT2D eigenvalue weighted by Gasteiger charge is -2.02. The lowest BCUT2D eigenvalue weighted by molar-refractivity contribution is 0.105. The van der Waals surface area contributed by atoms with Crippen LogP contribution in [0.3, 0.4) is 0 Å². The van der Waals surface area contributed by atoms with E-state index in [1.165, 1.54) is 12.8 Å². The highest BCUT2D eigenvalue weighted by Crippen LogP contribution is 2.23. The summed E-state index contributed by atoms with van der Waals surface area (Å²) in [5, 5.41) is 0. The Morgan fingerprint density at radius 3 is 2.89 bits per heavy atom. The highest BCUT2D eigenvalue weighted by Gasteiger charge is 2.22. The fraction of sp³-hybridized carbons (Fsp3) is 0.750. The smallest absolute Gasteiger partial charge is 0.0604 e. The molecule has 1 unspecified atom stereocenters. The van der Waals surface area contributed by atoms with Gasteiger partial charge in [0.25, 0.3) is 0 Å². The number of rotatable bonds is 3. The van der Waals surface area contributed by atoms with Crippen molar-refractivity contribution < 1.29 is 4.74 Å². The van der Waals surface area contributed by atoms with E-state index in [0.29, 0.717) is 6.10 Å². The summed E-state index contributed by atoms with van der Waals surface area (Å²) >= 11 is 0. The van der Waals surface area contributed by atoms with Crippen LogP contribution in [0.5, 0.6) is 0 Å².